The van der Waals surface area contributed by atoms with Crippen LogP contribution in [0.5, 0.6) is 0 Å². The van der Waals surface area contributed by atoms with Gasteiger partial charge in [0, 0.05) is 21.7 Å². The Morgan fingerprint density at radius 1 is 0.433 bits per heavy atom. The summed E-state index contributed by atoms with van der Waals surface area (Å²) < 4.78 is 242. The van der Waals surface area contributed by atoms with Crippen LogP contribution in [-0.2, 0) is 31.8 Å². The largest absolute Gasteiger partial charge is 0.460 e. The van der Waals surface area contributed by atoms with Gasteiger partial charge in [-0.15, -0.1) is 0 Å². The first-order valence-electron chi connectivity index (χ1n) is 5.68. The van der Waals surface area contributed by atoms with Crippen LogP contribution in [0, 0.1) is 0 Å². The molecule has 0 bridgehead atoms. The summed E-state index contributed by atoms with van der Waals surface area (Å²) in [7, 11) is -7.89. The molecule has 0 fully saturated rings. The van der Waals surface area contributed by atoms with Crippen molar-refractivity contribution in [2.24, 2.45) is 0 Å². The fraction of sp³-hybridized carbons (Fsp3) is 1.00. The molecule has 0 spiro atoms. The predicted octanol–water partition coefficient (Wildman–Crippen LogP) is 4.84. The fourth-order valence-corrected chi connectivity index (χ4v) is 1.76. The topological polar surface area (TPSA) is 54.4 Å². The van der Waals surface area contributed by atoms with Gasteiger partial charge in [0.1, 0.15) is 0 Å². The molecule has 0 rings (SSSR count). The third-order valence-electron chi connectivity index (χ3n) is 3.02. The van der Waals surface area contributed by atoms with Crippen LogP contribution in [-0.4, -0.2) is 59.9 Å². The third kappa shape index (κ3) is 3.76. The van der Waals surface area contributed by atoms with E-state index >= 15 is 0 Å². The normalized spacial score (nSPS) is 16.3. The van der Waals surface area contributed by atoms with Crippen molar-refractivity contribution in [1.82, 2.24) is 0 Å². The minimum atomic E-state index is -8.89. The molecule has 22 heteroatoms. The first-order chi connectivity index (χ1) is 12.0. The van der Waals surface area contributed by atoms with E-state index in [0.717, 1.165) is 0 Å². The molecule has 0 atom stereocenters. The van der Waals surface area contributed by atoms with Crippen molar-refractivity contribution in [3.05, 3.63) is 0 Å². The van der Waals surface area contributed by atoms with E-state index in [1.165, 1.54) is 0 Å². The summed E-state index contributed by atoms with van der Waals surface area (Å²) in [5.74, 6) is -52.0. The van der Waals surface area contributed by atoms with Crippen molar-refractivity contribution in [2.45, 2.75) is 47.0 Å². The number of halogens is 17. The molecule has 0 aliphatic rings. The van der Waals surface area contributed by atoms with Gasteiger partial charge in [-0.3, -0.25) is 4.55 Å². The van der Waals surface area contributed by atoms with Crippen molar-refractivity contribution >= 4 is 10.1 Å². The van der Waals surface area contributed by atoms with Gasteiger partial charge in [-0.25, -0.2) is 0 Å². The van der Waals surface area contributed by atoms with E-state index in [4.69, 9.17) is 4.55 Å². The van der Waals surface area contributed by atoms with E-state index in [1.54, 1.807) is 0 Å². The summed E-state index contributed by atoms with van der Waals surface area (Å²) in [5, 5.41) is -7.84. The molecule has 0 heterocycles. The first-order valence-corrected chi connectivity index (χ1v) is 7.12. The van der Waals surface area contributed by atoms with Crippen LogP contribution in [0.2, 0.25) is 0 Å². The summed E-state index contributed by atoms with van der Waals surface area (Å²) in [4.78, 5) is 0. The number of alkyl halides is 17. The maximum absolute atomic E-state index is 13.0. The summed E-state index contributed by atoms with van der Waals surface area (Å²) in [6.07, 6.45) is -7.88. The van der Waals surface area contributed by atoms with Crippen molar-refractivity contribution in [3.8, 4) is 0 Å². The average Bonchev–Trinajstić information content (AvgIpc) is 2.43. The van der Waals surface area contributed by atoms with Crippen LogP contribution in [0.4, 0.5) is 74.6 Å². The zero-order valence-electron chi connectivity index (χ0n) is 12.6. The van der Waals surface area contributed by atoms with E-state index in [1.807, 2.05) is 0 Å². The van der Waals surface area contributed by atoms with Crippen molar-refractivity contribution < 1.29 is 109 Å². The molecule has 3 nitrogen and oxygen atoms in total. The molecule has 0 saturated carbocycles. The Hall–Kier alpha value is -0.566. The second-order valence-corrected chi connectivity index (χ2v) is 6.40. The summed E-state index contributed by atoms with van der Waals surface area (Å²) in [5.41, 5.74) is 0. The Morgan fingerprint density at radius 3 is 0.833 bits per heavy atom. The van der Waals surface area contributed by atoms with Crippen LogP contribution in [0.25, 0.3) is 0 Å². The van der Waals surface area contributed by atoms with Gasteiger partial charge in [-0.2, -0.15) is 83.1 Å². The Labute approximate surface area is 167 Å². The SMILES string of the molecule is O=S(=O)(O)C(F)(F)C(F)(F)C(F)(F)C(F)(F)C(F)(F)C(F)(F)C(F)(F)C(F)(F)F.[Ti]. The molecule has 0 aliphatic carbocycles. The van der Waals surface area contributed by atoms with Gasteiger partial charge in [0.2, 0.25) is 0 Å². The van der Waals surface area contributed by atoms with Gasteiger partial charge < -0.3 is 0 Å². The van der Waals surface area contributed by atoms with E-state index in [-0.39, 0.29) is 21.7 Å². The van der Waals surface area contributed by atoms with Gasteiger partial charge in [0.05, 0.1) is 0 Å². The van der Waals surface area contributed by atoms with Crippen LogP contribution in [0.15, 0.2) is 0 Å². The number of hydrogen-bond acceptors (Lipinski definition) is 2. The molecule has 0 aliphatic heterocycles. The minimum Gasteiger partial charge on any atom is -0.281 e. The summed E-state index contributed by atoms with van der Waals surface area (Å²) in [6, 6.07) is 0. The zero-order chi connectivity index (χ0) is 24.5. The van der Waals surface area contributed by atoms with E-state index in [0.29, 0.717) is 0 Å². The third-order valence-corrected chi connectivity index (χ3v) is 3.92. The van der Waals surface area contributed by atoms with Crippen LogP contribution >= 0.6 is 0 Å². The van der Waals surface area contributed by atoms with Crippen molar-refractivity contribution in [1.29, 1.82) is 0 Å². The molecule has 1 N–H and O–H groups in total. The van der Waals surface area contributed by atoms with Gasteiger partial charge >= 0.3 is 57.1 Å². The molecule has 180 valence electrons. The quantitative estimate of drug-likeness (QED) is 0.282. The number of rotatable bonds is 7. The number of hydrogen-bond donors (Lipinski definition) is 1. The standard InChI is InChI=1S/C8HF17O3S.Ti/c9-1(10,3(13,14)5(17,18)7(21,22)23)2(11,12)4(15,16)6(19,20)8(24,25)29(26,27)28;/h(H,26,27,28);. The molecular formula is C8HF17O3STi. The maximum Gasteiger partial charge on any atom is 0.460 e. The average molecular weight is 548 g/mol. The van der Waals surface area contributed by atoms with Crippen molar-refractivity contribution in [2.75, 3.05) is 0 Å². The fourth-order valence-electron chi connectivity index (χ4n) is 1.31. The summed E-state index contributed by atoms with van der Waals surface area (Å²) in [6.45, 7) is 0. The Balaban J connectivity index is 0. The smallest absolute Gasteiger partial charge is 0.281 e. The van der Waals surface area contributed by atoms with E-state index in [9.17, 15) is 83.1 Å². The molecule has 0 aromatic heterocycles. The molecular weight excluding hydrogens is 547 g/mol. The molecule has 0 amide bonds. The van der Waals surface area contributed by atoms with Gasteiger partial charge in [0.25, 0.3) is 0 Å². The second kappa shape index (κ2) is 7.50. The maximum atomic E-state index is 13.0. The van der Waals surface area contributed by atoms with Crippen molar-refractivity contribution in [3.63, 3.8) is 0 Å². The first kappa shape index (κ1) is 31.6. The van der Waals surface area contributed by atoms with Gasteiger partial charge in [-0.1, -0.05) is 0 Å². The van der Waals surface area contributed by atoms with E-state index < -0.39 is 57.1 Å². The monoisotopic (exact) mass is 548 g/mol. The van der Waals surface area contributed by atoms with Crippen LogP contribution < -0.4 is 0 Å². The molecule has 0 unspecified atom stereocenters. The minimum absolute atomic E-state index is 0. The zero-order valence-corrected chi connectivity index (χ0v) is 15.0. The van der Waals surface area contributed by atoms with Gasteiger partial charge in [0.15, 0.2) is 0 Å². The molecule has 0 aromatic carbocycles. The molecule has 0 aromatic rings. The van der Waals surface area contributed by atoms with Gasteiger partial charge in [-0.05, 0) is 0 Å². The Morgan fingerprint density at radius 2 is 0.633 bits per heavy atom. The van der Waals surface area contributed by atoms with Crippen LogP contribution in [0.3, 0.4) is 0 Å². The molecule has 30 heavy (non-hydrogen) atoms. The molecule has 0 saturated heterocycles. The molecule has 0 radical (unpaired) electrons. The van der Waals surface area contributed by atoms with E-state index in [2.05, 4.69) is 0 Å². The Bertz CT molecular complexity index is 739. The summed E-state index contributed by atoms with van der Waals surface area (Å²) >= 11 is 0. The Kier molecular flexibility index (Phi) is 7.90. The van der Waals surface area contributed by atoms with Crippen LogP contribution in [0.1, 0.15) is 0 Å². The second-order valence-electron chi connectivity index (χ2n) is 4.94. The predicted molar refractivity (Wildman–Crippen MR) is 52.2 cm³/mol.